The number of rotatable bonds is 3. The quantitative estimate of drug-likeness (QED) is 0.811. The number of hydrogen-bond donors (Lipinski definition) is 2. The molecule has 0 aliphatic carbocycles. The Labute approximate surface area is 138 Å². The summed E-state index contributed by atoms with van der Waals surface area (Å²) in [5.41, 5.74) is -0.562. The van der Waals surface area contributed by atoms with E-state index in [0.717, 1.165) is 0 Å². The van der Waals surface area contributed by atoms with Crippen molar-refractivity contribution in [3.8, 4) is 0 Å². The molecule has 1 unspecified atom stereocenters. The maximum atomic E-state index is 12.4. The number of hydrogen-bond acceptors (Lipinski definition) is 3. The second kappa shape index (κ2) is 6.67. The monoisotopic (exact) mass is 367 g/mol. The second-order valence-corrected chi connectivity index (χ2v) is 5.38. The normalized spacial score (nSPS) is 12.8. The van der Waals surface area contributed by atoms with E-state index in [-0.39, 0.29) is 0 Å². The van der Waals surface area contributed by atoms with Crippen molar-refractivity contribution >= 4 is 35.1 Å². The molecule has 1 aromatic carbocycles. The molecule has 2 amide bonds. The van der Waals surface area contributed by atoms with E-state index in [2.05, 4.69) is 20.3 Å². The first-order chi connectivity index (χ1) is 10.7. The number of halogens is 5. The Morgan fingerprint density at radius 2 is 1.96 bits per heavy atom. The van der Waals surface area contributed by atoms with Crippen molar-refractivity contribution in [1.82, 2.24) is 10.5 Å². The minimum Gasteiger partial charge on any atom is -0.338 e. The average molecular weight is 368 g/mol. The number of benzene rings is 1. The SMILES string of the molecule is CC(NC(=O)Nc1cc(C(F)(F)F)no1)c1ccc(Cl)c(Cl)c1. The van der Waals surface area contributed by atoms with E-state index < -0.39 is 29.8 Å². The Morgan fingerprint density at radius 3 is 2.52 bits per heavy atom. The lowest BCUT2D eigenvalue weighted by molar-refractivity contribution is -0.142. The lowest BCUT2D eigenvalue weighted by Gasteiger charge is -2.14. The van der Waals surface area contributed by atoms with Crippen molar-refractivity contribution in [3.05, 3.63) is 45.6 Å². The molecule has 2 aromatic rings. The summed E-state index contributed by atoms with van der Waals surface area (Å²) >= 11 is 11.7. The van der Waals surface area contributed by atoms with Crippen LogP contribution in [0.25, 0.3) is 0 Å². The molecule has 0 aliphatic heterocycles. The summed E-state index contributed by atoms with van der Waals surface area (Å²) in [6, 6.07) is 4.17. The summed E-state index contributed by atoms with van der Waals surface area (Å²) in [6.07, 6.45) is -4.65. The van der Waals surface area contributed by atoms with Crippen molar-refractivity contribution < 1.29 is 22.5 Å². The van der Waals surface area contributed by atoms with Gasteiger partial charge < -0.3 is 9.84 Å². The van der Waals surface area contributed by atoms with Gasteiger partial charge in [0.2, 0.25) is 5.88 Å². The fourth-order valence-corrected chi connectivity index (χ4v) is 1.98. The number of alkyl halides is 3. The number of urea groups is 1. The number of amides is 2. The Morgan fingerprint density at radius 1 is 1.26 bits per heavy atom. The number of carbonyl (C=O) groups is 1. The van der Waals surface area contributed by atoms with Crippen LogP contribution in [0.2, 0.25) is 10.0 Å². The van der Waals surface area contributed by atoms with E-state index in [1.165, 1.54) is 0 Å². The number of nitrogens with one attached hydrogen (secondary N) is 2. The molecular formula is C13H10Cl2F3N3O2. The van der Waals surface area contributed by atoms with Crippen molar-refractivity contribution in [2.75, 3.05) is 5.32 Å². The third kappa shape index (κ3) is 4.52. The van der Waals surface area contributed by atoms with Gasteiger partial charge in [-0.25, -0.2) is 4.79 Å². The molecule has 0 saturated carbocycles. The first-order valence-electron chi connectivity index (χ1n) is 6.23. The lowest BCUT2D eigenvalue weighted by Crippen LogP contribution is -2.31. The molecule has 0 saturated heterocycles. The van der Waals surface area contributed by atoms with Gasteiger partial charge in [0, 0.05) is 6.07 Å². The van der Waals surface area contributed by atoms with Crippen molar-refractivity contribution in [1.29, 1.82) is 0 Å². The highest BCUT2D eigenvalue weighted by Gasteiger charge is 2.35. The molecule has 2 N–H and O–H groups in total. The van der Waals surface area contributed by atoms with Crippen LogP contribution in [0.4, 0.5) is 23.8 Å². The summed E-state index contributed by atoms with van der Waals surface area (Å²) in [6.45, 7) is 1.67. The van der Waals surface area contributed by atoms with Gasteiger partial charge in [0.1, 0.15) is 0 Å². The molecule has 23 heavy (non-hydrogen) atoms. The van der Waals surface area contributed by atoms with Gasteiger partial charge in [-0.1, -0.05) is 34.4 Å². The topological polar surface area (TPSA) is 67.2 Å². The molecule has 1 heterocycles. The maximum absolute atomic E-state index is 12.4. The fourth-order valence-electron chi connectivity index (χ4n) is 1.68. The van der Waals surface area contributed by atoms with Crippen LogP contribution in [0.3, 0.4) is 0 Å². The Bertz CT molecular complexity index is 719. The minimum atomic E-state index is -4.65. The van der Waals surface area contributed by atoms with Crippen LogP contribution < -0.4 is 10.6 Å². The Kier molecular flexibility index (Phi) is 5.06. The Hall–Kier alpha value is -1.93. The lowest BCUT2D eigenvalue weighted by atomic mass is 10.1. The van der Waals surface area contributed by atoms with E-state index in [1.54, 1.807) is 25.1 Å². The summed E-state index contributed by atoms with van der Waals surface area (Å²) in [5, 5.41) is 8.16. The van der Waals surface area contributed by atoms with Gasteiger partial charge in [0.15, 0.2) is 5.69 Å². The molecular weight excluding hydrogens is 358 g/mol. The van der Waals surface area contributed by atoms with Crippen molar-refractivity contribution in [2.24, 2.45) is 0 Å². The second-order valence-electron chi connectivity index (χ2n) is 4.57. The standard InChI is InChI=1S/C13H10Cl2F3N3O2/c1-6(7-2-3-8(14)9(15)4-7)19-12(22)20-11-5-10(21-23-11)13(16,17)18/h2-6H,1H3,(H2,19,20,22). The van der Waals surface area contributed by atoms with Gasteiger partial charge in [-0.2, -0.15) is 13.2 Å². The van der Waals surface area contributed by atoms with E-state index in [4.69, 9.17) is 23.2 Å². The predicted octanol–water partition coefficient (Wildman–Crippen LogP) is 4.88. The molecule has 1 atom stereocenters. The van der Waals surface area contributed by atoms with Crippen molar-refractivity contribution in [3.63, 3.8) is 0 Å². The molecule has 10 heteroatoms. The number of aromatic nitrogens is 1. The smallest absolute Gasteiger partial charge is 0.338 e. The molecule has 0 bridgehead atoms. The number of carbonyl (C=O) groups excluding carboxylic acids is 1. The maximum Gasteiger partial charge on any atom is 0.436 e. The minimum absolute atomic E-state index is 0.322. The van der Waals surface area contributed by atoms with Gasteiger partial charge in [-0.05, 0) is 24.6 Å². The van der Waals surface area contributed by atoms with Gasteiger partial charge in [-0.15, -0.1) is 0 Å². The van der Waals surface area contributed by atoms with Crippen molar-refractivity contribution in [2.45, 2.75) is 19.1 Å². The van der Waals surface area contributed by atoms with Gasteiger partial charge >= 0.3 is 12.2 Å². The summed E-state index contributed by atoms with van der Waals surface area (Å²) in [7, 11) is 0. The average Bonchev–Trinajstić information content (AvgIpc) is 2.90. The van der Waals surface area contributed by atoms with Crippen LogP contribution >= 0.6 is 23.2 Å². The van der Waals surface area contributed by atoms with Crippen LogP contribution in [0.15, 0.2) is 28.8 Å². The third-order valence-electron chi connectivity index (χ3n) is 2.83. The predicted molar refractivity (Wildman–Crippen MR) is 78.5 cm³/mol. The molecule has 0 radical (unpaired) electrons. The summed E-state index contributed by atoms with van der Waals surface area (Å²) < 4.78 is 41.5. The van der Waals surface area contributed by atoms with Crippen LogP contribution in [-0.2, 0) is 6.18 Å². The molecule has 2 rings (SSSR count). The highest BCUT2D eigenvalue weighted by atomic mass is 35.5. The molecule has 0 spiro atoms. The zero-order valence-corrected chi connectivity index (χ0v) is 13.1. The molecule has 5 nitrogen and oxygen atoms in total. The molecule has 0 fully saturated rings. The van der Waals surface area contributed by atoms with E-state index in [0.29, 0.717) is 21.7 Å². The van der Waals surface area contributed by atoms with Crippen LogP contribution in [0.5, 0.6) is 0 Å². The van der Waals surface area contributed by atoms with Gasteiger partial charge in [-0.3, -0.25) is 5.32 Å². The highest BCUT2D eigenvalue weighted by molar-refractivity contribution is 6.42. The number of anilines is 1. The zero-order chi connectivity index (χ0) is 17.2. The Balaban J connectivity index is 1.98. The summed E-state index contributed by atoms with van der Waals surface area (Å²) in [4.78, 5) is 11.8. The largest absolute Gasteiger partial charge is 0.436 e. The molecule has 124 valence electrons. The summed E-state index contributed by atoms with van der Waals surface area (Å²) in [5.74, 6) is -0.420. The molecule has 0 aliphatic rings. The highest BCUT2D eigenvalue weighted by Crippen LogP contribution is 2.30. The first-order valence-corrected chi connectivity index (χ1v) is 6.99. The zero-order valence-electron chi connectivity index (χ0n) is 11.5. The van der Waals surface area contributed by atoms with E-state index in [1.807, 2.05) is 0 Å². The van der Waals surface area contributed by atoms with E-state index in [9.17, 15) is 18.0 Å². The molecule has 1 aromatic heterocycles. The van der Waals surface area contributed by atoms with Gasteiger partial charge in [0.25, 0.3) is 0 Å². The van der Waals surface area contributed by atoms with Crippen LogP contribution in [0.1, 0.15) is 24.2 Å². The number of nitrogens with zero attached hydrogens (tertiary/aromatic N) is 1. The third-order valence-corrected chi connectivity index (χ3v) is 3.57. The first kappa shape index (κ1) is 17.4. The van der Waals surface area contributed by atoms with Gasteiger partial charge in [0.05, 0.1) is 16.1 Å². The fraction of sp³-hybridized carbons (Fsp3) is 0.231. The van der Waals surface area contributed by atoms with Crippen LogP contribution in [0, 0.1) is 0 Å². The van der Waals surface area contributed by atoms with E-state index >= 15 is 0 Å². The van der Waals surface area contributed by atoms with Crippen LogP contribution in [-0.4, -0.2) is 11.2 Å².